The minimum absolute atomic E-state index is 0.142. The van der Waals surface area contributed by atoms with Gasteiger partial charge in [0.15, 0.2) is 0 Å². The summed E-state index contributed by atoms with van der Waals surface area (Å²) in [5, 5.41) is 6.30. The van der Waals surface area contributed by atoms with Gasteiger partial charge in [0.05, 0.1) is 0 Å². The van der Waals surface area contributed by atoms with E-state index in [0.29, 0.717) is 12.3 Å². The van der Waals surface area contributed by atoms with Gasteiger partial charge in [0.1, 0.15) is 0 Å². The van der Waals surface area contributed by atoms with Crippen LogP contribution in [0.2, 0.25) is 0 Å². The third-order valence-corrected chi connectivity index (χ3v) is 3.24. The van der Waals surface area contributed by atoms with E-state index in [-0.39, 0.29) is 5.91 Å². The van der Waals surface area contributed by atoms with Gasteiger partial charge in [-0.05, 0) is 25.0 Å². The SMILES string of the molecule is C/C=C/CCNC(=O)CC1CNc2ccccc21. The first-order valence-electron chi connectivity index (χ1n) is 6.52. The molecule has 0 aliphatic carbocycles. The van der Waals surface area contributed by atoms with Crippen LogP contribution in [0.15, 0.2) is 36.4 Å². The van der Waals surface area contributed by atoms with Crippen LogP contribution in [-0.2, 0) is 4.79 Å². The highest BCUT2D eigenvalue weighted by molar-refractivity contribution is 5.78. The highest BCUT2D eigenvalue weighted by Gasteiger charge is 2.23. The number of anilines is 1. The van der Waals surface area contributed by atoms with E-state index >= 15 is 0 Å². The third-order valence-electron chi connectivity index (χ3n) is 3.24. The van der Waals surface area contributed by atoms with Gasteiger partial charge >= 0.3 is 0 Å². The summed E-state index contributed by atoms with van der Waals surface area (Å²) >= 11 is 0. The van der Waals surface area contributed by atoms with Gasteiger partial charge in [-0.25, -0.2) is 0 Å². The molecule has 0 spiro atoms. The Morgan fingerprint density at radius 2 is 2.33 bits per heavy atom. The van der Waals surface area contributed by atoms with Crippen molar-refractivity contribution in [3.05, 3.63) is 42.0 Å². The van der Waals surface area contributed by atoms with Crippen molar-refractivity contribution in [1.29, 1.82) is 0 Å². The lowest BCUT2D eigenvalue weighted by Crippen LogP contribution is -2.26. The number of hydrogen-bond acceptors (Lipinski definition) is 2. The molecule has 1 aromatic carbocycles. The molecule has 0 aromatic heterocycles. The van der Waals surface area contributed by atoms with E-state index in [4.69, 9.17) is 0 Å². The molecule has 96 valence electrons. The lowest BCUT2D eigenvalue weighted by molar-refractivity contribution is -0.121. The first-order chi connectivity index (χ1) is 8.81. The van der Waals surface area contributed by atoms with Gasteiger partial charge in [-0.3, -0.25) is 4.79 Å². The molecule has 1 amide bonds. The summed E-state index contributed by atoms with van der Waals surface area (Å²) < 4.78 is 0. The van der Waals surface area contributed by atoms with Gasteiger partial charge in [0, 0.05) is 31.1 Å². The van der Waals surface area contributed by atoms with Crippen molar-refractivity contribution in [1.82, 2.24) is 5.32 Å². The normalized spacial score (nSPS) is 17.5. The number of carbonyl (C=O) groups excluding carboxylic acids is 1. The zero-order chi connectivity index (χ0) is 12.8. The summed E-state index contributed by atoms with van der Waals surface area (Å²) in [6.45, 7) is 3.58. The van der Waals surface area contributed by atoms with Crippen LogP contribution in [0.3, 0.4) is 0 Å². The molecule has 2 rings (SSSR count). The van der Waals surface area contributed by atoms with E-state index in [1.165, 1.54) is 11.3 Å². The standard InChI is InChI=1S/C15H20N2O/c1-2-3-6-9-16-15(18)10-12-11-17-14-8-5-4-7-13(12)14/h2-5,7-8,12,17H,6,9-11H2,1H3,(H,16,18)/b3-2+. The molecule has 3 nitrogen and oxygen atoms in total. The van der Waals surface area contributed by atoms with Gasteiger partial charge in [-0.15, -0.1) is 0 Å². The lowest BCUT2D eigenvalue weighted by atomic mass is 9.97. The van der Waals surface area contributed by atoms with Crippen molar-refractivity contribution in [3.8, 4) is 0 Å². The summed E-state index contributed by atoms with van der Waals surface area (Å²) in [7, 11) is 0. The molecule has 1 aromatic rings. The van der Waals surface area contributed by atoms with Gasteiger partial charge in [0.2, 0.25) is 5.91 Å². The van der Waals surface area contributed by atoms with Gasteiger partial charge < -0.3 is 10.6 Å². The molecule has 1 aliphatic heterocycles. The molecule has 0 saturated carbocycles. The van der Waals surface area contributed by atoms with E-state index in [1.54, 1.807) is 0 Å². The van der Waals surface area contributed by atoms with Crippen LogP contribution < -0.4 is 10.6 Å². The number of rotatable bonds is 5. The second-order valence-electron chi connectivity index (χ2n) is 4.58. The van der Waals surface area contributed by atoms with Crippen LogP contribution in [-0.4, -0.2) is 19.0 Å². The molecule has 3 heteroatoms. The van der Waals surface area contributed by atoms with E-state index in [0.717, 1.165) is 19.5 Å². The quantitative estimate of drug-likeness (QED) is 0.617. The molecular weight excluding hydrogens is 224 g/mol. The van der Waals surface area contributed by atoms with Crippen molar-refractivity contribution in [2.75, 3.05) is 18.4 Å². The molecule has 1 aliphatic rings. The highest BCUT2D eigenvalue weighted by Crippen LogP contribution is 2.32. The van der Waals surface area contributed by atoms with Crippen LogP contribution in [0, 0.1) is 0 Å². The van der Waals surface area contributed by atoms with E-state index in [1.807, 2.05) is 25.1 Å². The largest absolute Gasteiger partial charge is 0.384 e. The number of benzene rings is 1. The molecule has 2 N–H and O–H groups in total. The Morgan fingerprint density at radius 1 is 1.50 bits per heavy atom. The van der Waals surface area contributed by atoms with Crippen LogP contribution in [0.25, 0.3) is 0 Å². The van der Waals surface area contributed by atoms with Gasteiger partial charge in [-0.2, -0.15) is 0 Å². The Bertz CT molecular complexity index is 440. The minimum atomic E-state index is 0.142. The van der Waals surface area contributed by atoms with Crippen molar-refractivity contribution in [2.45, 2.75) is 25.7 Å². The summed E-state index contributed by atoms with van der Waals surface area (Å²) in [5.41, 5.74) is 2.44. The third kappa shape index (κ3) is 3.13. The molecule has 1 atom stereocenters. The fourth-order valence-corrected chi connectivity index (χ4v) is 2.30. The second kappa shape index (κ2) is 6.24. The van der Waals surface area contributed by atoms with Crippen molar-refractivity contribution >= 4 is 11.6 Å². The highest BCUT2D eigenvalue weighted by atomic mass is 16.1. The number of amides is 1. The predicted molar refractivity (Wildman–Crippen MR) is 74.7 cm³/mol. The maximum Gasteiger partial charge on any atom is 0.220 e. The summed E-state index contributed by atoms with van der Waals surface area (Å²) in [6, 6.07) is 8.22. The molecule has 1 unspecified atom stereocenters. The number of para-hydroxylation sites is 1. The maximum absolute atomic E-state index is 11.8. The molecule has 0 radical (unpaired) electrons. The Balaban J connectivity index is 1.82. The topological polar surface area (TPSA) is 41.1 Å². The molecule has 0 fully saturated rings. The average Bonchev–Trinajstić information content (AvgIpc) is 2.78. The minimum Gasteiger partial charge on any atom is -0.384 e. The van der Waals surface area contributed by atoms with Crippen LogP contribution in [0.1, 0.15) is 31.2 Å². The Hall–Kier alpha value is -1.77. The van der Waals surface area contributed by atoms with Crippen molar-refractivity contribution < 1.29 is 4.79 Å². The van der Waals surface area contributed by atoms with Crippen LogP contribution in [0.4, 0.5) is 5.69 Å². The number of nitrogens with one attached hydrogen (secondary N) is 2. The fraction of sp³-hybridized carbons (Fsp3) is 0.400. The first-order valence-corrected chi connectivity index (χ1v) is 6.52. The Labute approximate surface area is 108 Å². The summed E-state index contributed by atoms with van der Waals surface area (Å²) in [4.78, 5) is 11.8. The number of fused-ring (bicyclic) bond motifs is 1. The van der Waals surface area contributed by atoms with Gasteiger partial charge in [-0.1, -0.05) is 30.4 Å². The van der Waals surface area contributed by atoms with E-state index < -0.39 is 0 Å². The second-order valence-corrected chi connectivity index (χ2v) is 4.58. The molecule has 18 heavy (non-hydrogen) atoms. The first kappa shape index (κ1) is 12.7. The van der Waals surface area contributed by atoms with Crippen LogP contribution >= 0.6 is 0 Å². The van der Waals surface area contributed by atoms with E-state index in [2.05, 4.69) is 28.8 Å². The lowest BCUT2D eigenvalue weighted by Gasteiger charge is -2.10. The summed E-state index contributed by atoms with van der Waals surface area (Å²) in [5.74, 6) is 0.450. The number of hydrogen-bond donors (Lipinski definition) is 2. The van der Waals surface area contributed by atoms with E-state index in [9.17, 15) is 4.79 Å². The number of carbonyl (C=O) groups is 1. The Morgan fingerprint density at radius 3 is 3.17 bits per heavy atom. The summed E-state index contributed by atoms with van der Waals surface area (Å²) in [6.07, 6.45) is 5.54. The zero-order valence-corrected chi connectivity index (χ0v) is 10.8. The van der Waals surface area contributed by atoms with Crippen LogP contribution in [0.5, 0.6) is 0 Å². The van der Waals surface area contributed by atoms with Crippen molar-refractivity contribution in [2.24, 2.45) is 0 Å². The zero-order valence-electron chi connectivity index (χ0n) is 10.8. The van der Waals surface area contributed by atoms with Crippen molar-refractivity contribution in [3.63, 3.8) is 0 Å². The molecular formula is C15H20N2O. The molecule has 0 bridgehead atoms. The molecule has 0 saturated heterocycles. The fourth-order valence-electron chi connectivity index (χ4n) is 2.30. The maximum atomic E-state index is 11.8. The van der Waals surface area contributed by atoms with Gasteiger partial charge in [0.25, 0.3) is 0 Å². The average molecular weight is 244 g/mol. The molecule has 1 heterocycles. The number of allylic oxidation sites excluding steroid dienone is 1. The monoisotopic (exact) mass is 244 g/mol. The Kier molecular flexibility index (Phi) is 4.40. The predicted octanol–water partition coefficient (Wildman–Crippen LogP) is 2.67. The smallest absolute Gasteiger partial charge is 0.220 e.